The van der Waals surface area contributed by atoms with E-state index in [2.05, 4.69) is 4.98 Å². The molecule has 0 spiro atoms. The average Bonchev–Trinajstić information content (AvgIpc) is 2.41. The van der Waals surface area contributed by atoms with Gasteiger partial charge in [0.25, 0.3) is 0 Å². The average molecular weight is 243 g/mol. The molecule has 0 atom stereocenters. The summed E-state index contributed by atoms with van der Waals surface area (Å²) < 4.78 is 10.3. The molecule has 2 aromatic rings. The lowest BCUT2D eigenvalue weighted by molar-refractivity contribution is 0.0599. The smallest absolute Gasteiger partial charge is 0.338 e. The third kappa shape index (κ3) is 2.48. The number of carbonyl (C=O) groups excluding carboxylic acids is 1. The van der Waals surface area contributed by atoms with Crippen LogP contribution in [0.2, 0.25) is 0 Å². The summed E-state index contributed by atoms with van der Waals surface area (Å²) in [5.74, 6) is 0.687. The number of aromatic nitrogens is 1. The Kier molecular flexibility index (Phi) is 3.57. The summed E-state index contributed by atoms with van der Waals surface area (Å²) in [5.41, 5.74) is 1.12. The fourth-order valence-corrected chi connectivity index (χ4v) is 1.55. The van der Waals surface area contributed by atoms with E-state index in [9.17, 15) is 4.79 Å². The van der Waals surface area contributed by atoms with Gasteiger partial charge in [-0.1, -0.05) is 18.2 Å². The normalized spacial score (nSPS) is 9.89. The molecule has 0 amide bonds. The van der Waals surface area contributed by atoms with Crippen LogP contribution in [0.4, 0.5) is 0 Å². The molecule has 92 valence electrons. The molecule has 0 saturated heterocycles. The summed E-state index contributed by atoms with van der Waals surface area (Å²) in [5, 5.41) is 0. The van der Waals surface area contributed by atoms with Crippen LogP contribution in [0.1, 0.15) is 15.9 Å². The van der Waals surface area contributed by atoms with Crippen molar-refractivity contribution in [3.63, 3.8) is 0 Å². The first-order chi connectivity index (χ1) is 8.72. The van der Waals surface area contributed by atoms with Crippen LogP contribution < -0.4 is 4.74 Å². The minimum atomic E-state index is -0.396. The maximum Gasteiger partial charge on any atom is 0.338 e. The van der Waals surface area contributed by atoms with Crippen LogP contribution in [0, 0.1) is 6.92 Å². The Hall–Kier alpha value is -2.36. The number of hydrogen-bond acceptors (Lipinski definition) is 4. The Morgan fingerprint density at radius 3 is 2.56 bits per heavy atom. The molecule has 0 saturated carbocycles. The summed E-state index contributed by atoms with van der Waals surface area (Å²) >= 11 is 0. The Labute approximate surface area is 105 Å². The van der Waals surface area contributed by atoms with Gasteiger partial charge in [-0.3, -0.25) is 0 Å². The van der Waals surface area contributed by atoms with Crippen molar-refractivity contribution in [2.45, 2.75) is 6.92 Å². The molecule has 4 heteroatoms. The Morgan fingerprint density at radius 1 is 1.17 bits per heavy atom. The van der Waals surface area contributed by atoms with Crippen molar-refractivity contribution < 1.29 is 14.3 Å². The molecule has 0 bridgehead atoms. The molecule has 0 aliphatic rings. The van der Waals surface area contributed by atoms with Crippen molar-refractivity contribution in [2.24, 2.45) is 0 Å². The Morgan fingerprint density at radius 2 is 1.89 bits per heavy atom. The first-order valence-electron chi connectivity index (χ1n) is 5.49. The molecular formula is C14H13NO3. The van der Waals surface area contributed by atoms with Gasteiger partial charge < -0.3 is 9.47 Å². The molecule has 1 heterocycles. The molecular weight excluding hydrogens is 230 g/mol. The third-order valence-electron chi connectivity index (χ3n) is 2.52. The second kappa shape index (κ2) is 5.31. The SMILES string of the molecule is COC(=O)c1ccnc(Oc2ccccc2)c1C. The van der Waals surface area contributed by atoms with E-state index in [1.165, 1.54) is 13.3 Å². The predicted octanol–water partition coefficient (Wildman–Crippen LogP) is 2.97. The van der Waals surface area contributed by atoms with E-state index in [-0.39, 0.29) is 0 Å². The highest BCUT2D eigenvalue weighted by atomic mass is 16.5. The van der Waals surface area contributed by atoms with Gasteiger partial charge in [-0.25, -0.2) is 9.78 Å². The largest absolute Gasteiger partial charge is 0.465 e. The highest BCUT2D eigenvalue weighted by Gasteiger charge is 2.14. The fourth-order valence-electron chi connectivity index (χ4n) is 1.55. The number of para-hydroxylation sites is 1. The number of pyridine rings is 1. The zero-order valence-corrected chi connectivity index (χ0v) is 10.2. The van der Waals surface area contributed by atoms with Gasteiger partial charge in [-0.05, 0) is 25.1 Å². The van der Waals surface area contributed by atoms with E-state index in [0.717, 1.165) is 0 Å². The topological polar surface area (TPSA) is 48.4 Å². The summed E-state index contributed by atoms with van der Waals surface area (Å²) in [6.45, 7) is 1.78. The first-order valence-corrected chi connectivity index (χ1v) is 5.49. The van der Waals surface area contributed by atoms with Gasteiger partial charge >= 0.3 is 5.97 Å². The minimum Gasteiger partial charge on any atom is -0.465 e. The molecule has 0 fully saturated rings. The van der Waals surface area contributed by atoms with Crippen LogP contribution in [-0.4, -0.2) is 18.1 Å². The standard InChI is InChI=1S/C14H13NO3/c1-10-12(14(16)17-2)8-9-15-13(10)18-11-6-4-3-5-7-11/h3-9H,1-2H3. The molecule has 18 heavy (non-hydrogen) atoms. The highest BCUT2D eigenvalue weighted by Crippen LogP contribution is 2.24. The summed E-state index contributed by atoms with van der Waals surface area (Å²) in [6, 6.07) is 10.9. The van der Waals surface area contributed by atoms with Crippen molar-refractivity contribution in [3.05, 3.63) is 53.7 Å². The van der Waals surface area contributed by atoms with Gasteiger partial charge in [0.1, 0.15) is 5.75 Å². The van der Waals surface area contributed by atoms with Crippen molar-refractivity contribution in [1.29, 1.82) is 0 Å². The number of ether oxygens (including phenoxy) is 2. The van der Waals surface area contributed by atoms with E-state index >= 15 is 0 Å². The second-order valence-corrected chi connectivity index (χ2v) is 3.70. The highest BCUT2D eigenvalue weighted by molar-refractivity contribution is 5.91. The van der Waals surface area contributed by atoms with Crippen molar-refractivity contribution in [2.75, 3.05) is 7.11 Å². The molecule has 0 unspecified atom stereocenters. The number of esters is 1. The van der Waals surface area contributed by atoms with Crippen molar-refractivity contribution >= 4 is 5.97 Å². The Balaban J connectivity index is 2.32. The van der Waals surface area contributed by atoms with Crippen LogP contribution in [-0.2, 0) is 4.74 Å². The summed E-state index contributed by atoms with van der Waals surface area (Å²) in [4.78, 5) is 15.7. The minimum absolute atomic E-state index is 0.396. The number of nitrogens with zero attached hydrogens (tertiary/aromatic N) is 1. The lowest BCUT2D eigenvalue weighted by atomic mass is 10.1. The number of rotatable bonds is 3. The zero-order valence-electron chi connectivity index (χ0n) is 10.2. The Bertz CT molecular complexity index is 552. The van der Waals surface area contributed by atoms with Gasteiger partial charge in [0, 0.05) is 11.8 Å². The number of hydrogen-bond donors (Lipinski definition) is 0. The van der Waals surface area contributed by atoms with Crippen LogP contribution in [0.15, 0.2) is 42.6 Å². The molecule has 0 N–H and O–H groups in total. The van der Waals surface area contributed by atoms with Gasteiger partial charge in [0.2, 0.25) is 5.88 Å². The quantitative estimate of drug-likeness (QED) is 0.777. The van der Waals surface area contributed by atoms with E-state index in [0.29, 0.717) is 22.8 Å². The van der Waals surface area contributed by atoms with Gasteiger partial charge in [0.05, 0.1) is 12.7 Å². The molecule has 1 aromatic carbocycles. The molecule has 0 aliphatic heterocycles. The third-order valence-corrected chi connectivity index (χ3v) is 2.52. The summed E-state index contributed by atoms with van der Waals surface area (Å²) in [6.07, 6.45) is 1.53. The van der Waals surface area contributed by atoms with E-state index in [1.54, 1.807) is 13.0 Å². The van der Waals surface area contributed by atoms with Crippen LogP contribution in [0.5, 0.6) is 11.6 Å². The molecule has 0 radical (unpaired) electrons. The monoisotopic (exact) mass is 243 g/mol. The molecule has 0 aliphatic carbocycles. The first kappa shape index (κ1) is 12.1. The predicted molar refractivity (Wildman–Crippen MR) is 66.8 cm³/mol. The summed E-state index contributed by atoms with van der Waals surface area (Å²) in [7, 11) is 1.35. The number of methoxy groups -OCH3 is 1. The van der Waals surface area contributed by atoms with Crippen LogP contribution >= 0.6 is 0 Å². The lowest BCUT2D eigenvalue weighted by Crippen LogP contribution is -2.05. The molecule has 4 nitrogen and oxygen atoms in total. The van der Waals surface area contributed by atoms with Crippen molar-refractivity contribution in [3.8, 4) is 11.6 Å². The number of benzene rings is 1. The van der Waals surface area contributed by atoms with Gasteiger partial charge in [0.15, 0.2) is 0 Å². The maximum absolute atomic E-state index is 11.5. The molecule has 2 rings (SSSR count). The van der Waals surface area contributed by atoms with E-state index < -0.39 is 5.97 Å². The van der Waals surface area contributed by atoms with Crippen molar-refractivity contribution in [1.82, 2.24) is 4.98 Å². The van der Waals surface area contributed by atoms with Crippen LogP contribution in [0.3, 0.4) is 0 Å². The van der Waals surface area contributed by atoms with Crippen LogP contribution in [0.25, 0.3) is 0 Å². The maximum atomic E-state index is 11.5. The van der Waals surface area contributed by atoms with Gasteiger partial charge in [-0.15, -0.1) is 0 Å². The van der Waals surface area contributed by atoms with Gasteiger partial charge in [-0.2, -0.15) is 0 Å². The second-order valence-electron chi connectivity index (χ2n) is 3.70. The lowest BCUT2D eigenvalue weighted by Gasteiger charge is -2.09. The number of carbonyl (C=O) groups is 1. The zero-order chi connectivity index (χ0) is 13.0. The van der Waals surface area contributed by atoms with E-state index in [1.807, 2.05) is 30.3 Å². The molecule has 1 aromatic heterocycles. The van der Waals surface area contributed by atoms with E-state index in [4.69, 9.17) is 9.47 Å². The fraction of sp³-hybridized carbons (Fsp3) is 0.143.